The molecule has 0 aliphatic carbocycles. The Balaban J connectivity index is 3.30. The fourth-order valence-corrected chi connectivity index (χ4v) is 1.47. The van der Waals surface area contributed by atoms with E-state index in [2.05, 4.69) is 9.97 Å². The molecule has 0 radical (unpaired) electrons. The Hall–Kier alpha value is 1.11. The molecule has 9 heteroatoms. The van der Waals surface area contributed by atoms with Crippen LogP contribution in [0.1, 0.15) is 11.4 Å². The molecule has 1 aromatic rings. The van der Waals surface area contributed by atoms with Gasteiger partial charge in [0, 0.05) is 0 Å². The van der Waals surface area contributed by atoms with E-state index in [0.29, 0.717) is 0 Å². The van der Waals surface area contributed by atoms with E-state index in [1.165, 1.54) is 6.07 Å². The molecule has 1 aromatic heterocycles. The molecule has 1 heterocycles. The van der Waals surface area contributed by atoms with Crippen molar-refractivity contribution in [1.29, 1.82) is 0 Å². The predicted octanol–water partition coefficient (Wildman–Crippen LogP) is 4.78. The van der Waals surface area contributed by atoms with Gasteiger partial charge in [-0.25, -0.2) is 9.97 Å². The van der Waals surface area contributed by atoms with Gasteiger partial charge in [0.15, 0.2) is 0 Å². The number of aromatic nitrogens is 2. The smallest absolute Gasteiger partial charge is 0.218 e. The van der Waals surface area contributed by atoms with Gasteiger partial charge in [0.05, 0.1) is 11.4 Å². The number of hydrogen-bond acceptors (Lipinski definition) is 2. The number of rotatable bonds is 0. The number of halogens is 7. The van der Waals surface area contributed by atoms with Crippen LogP contribution in [0.4, 0.5) is 0 Å². The van der Waals surface area contributed by atoms with Crippen molar-refractivity contribution in [2.75, 3.05) is 0 Å². The molecule has 15 heavy (non-hydrogen) atoms. The minimum absolute atomic E-state index is 0.0359. The highest BCUT2D eigenvalue weighted by Crippen LogP contribution is 2.42. The van der Waals surface area contributed by atoms with Gasteiger partial charge < -0.3 is 0 Å². The molecule has 1 rings (SSSR count). The molecule has 0 saturated carbocycles. The van der Waals surface area contributed by atoms with Crippen molar-refractivity contribution < 1.29 is 0 Å². The van der Waals surface area contributed by atoms with Gasteiger partial charge in [0.2, 0.25) is 12.9 Å². The molecule has 0 spiro atoms. The van der Waals surface area contributed by atoms with Gasteiger partial charge in [-0.2, -0.15) is 0 Å². The third-order valence-electron chi connectivity index (χ3n) is 1.28. The van der Waals surface area contributed by atoms with E-state index in [1.54, 1.807) is 0 Å². The summed E-state index contributed by atoms with van der Waals surface area (Å²) in [4.78, 5) is 7.40. The zero-order valence-electron chi connectivity index (χ0n) is 6.62. The van der Waals surface area contributed by atoms with Crippen molar-refractivity contribution >= 4 is 81.2 Å². The van der Waals surface area contributed by atoms with Crippen molar-refractivity contribution in [3.8, 4) is 0 Å². The fraction of sp³-hybridized carbons (Fsp3) is 0.333. The highest BCUT2D eigenvalue weighted by molar-refractivity contribution is 6.67. The lowest BCUT2D eigenvalue weighted by Gasteiger charge is -2.15. The Morgan fingerprint density at radius 3 is 1.40 bits per heavy atom. The maximum Gasteiger partial charge on any atom is 0.232 e. The van der Waals surface area contributed by atoms with Crippen molar-refractivity contribution in [3.05, 3.63) is 22.7 Å². The van der Waals surface area contributed by atoms with Crippen molar-refractivity contribution in [1.82, 2.24) is 9.97 Å². The molecule has 0 bridgehead atoms. The number of alkyl halides is 6. The maximum absolute atomic E-state index is 5.61. The second-order valence-electron chi connectivity index (χ2n) is 2.40. The van der Waals surface area contributed by atoms with E-state index in [1.807, 2.05) is 0 Å². The Kier molecular flexibility index (Phi) is 4.51. The molecule has 0 N–H and O–H groups in total. The van der Waals surface area contributed by atoms with Crippen LogP contribution in [0.25, 0.3) is 0 Å². The minimum Gasteiger partial charge on any atom is -0.218 e. The SMILES string of the molecule is Clc1nc(C(Cl)(Cl)Cl)cc(C(Cl)(Cl)Cl)n1. The third kappa shape index (κ3) is 4.12. The Morgan fingerprint density at radius 1 is 0.800 bits per heavy atom. The zero-order chi connectivity index (χ0) is 11.9. The Labute approximate surface area is 121 Å². The average molecular weight is 349 g/mol. The molecular formula is C6HCl7N2. The molecule has 0 amide bonds. The summed E-state index contributed by atoms with van der Waals surface area (Å²) >= 11 is 39.2. The Morgan fingerprint density at radius 2 is 1.13 bits per heavy atom. The summed E-state index contributed by atoms with van der Waals surface area (Å²) in [6.07, 6.45) is 0. The highest BCUT2D eigenvalue weighted by Gasteiger charge is 2.31. The van der Waals surface area contributed by atoms with Crippen LogP contribution < -0.4 is 0 Å². The van der Waals surface area contributed by atoms with Gasteiger partial charge in [0.1, 0.15) is 0 Å². The first-order valence-corrected chi connectivity index (χ1v) is 5.94. The van der Waals surface area contributed by atoms with Gasteiger partial charge in [-0.1, -0.05) is 69.6 Å². The van der Waals surface area contributed by atoms with Crippen molar-refractivity contribution in [3.63, 3.8) is 0 Å². The topological polar surface area (TPSA) is 25.8 Å². The summed E-state index contributed by atoms with van der Waals surface area (Å²) in [7, 11) is 0. The summed E-state index contributed by atoms with van der Waals surface area (Å²) in [5.41, 5.74) is 0.0719. The van der Waals surface area contributed by atoms with E-state index in [-0.39, 0.29) is 16.7 Å². The summed E-state index contributed by atoms with van der Waals surface area (Å²) < 4.78 is -3.51. The van der Waals surface area contributed by atoms with Crippen LogP contribution in [0.2, 0.25) is 5.28 Å². The molecule has 2 nitrogen and oxygen atoms in total. The van der Waals surface area contributed by atoms with E-state index < -0.39 is 7.59 Å². The van der Waals surface area contributed by atoms with Gasteiger partial charge in [-0.05, 0) is 17.7 Å². The minimum atomic E-state index is -1.75. The van der Waals surface area contributed by atoms with Crippen molar-refractivity contribution in [2.45, 2.75) is 7.59 Å². The normalized spacial score (nSPS) is 13.0. The van der Waals surface area contributed by atoms with Crippen LogP contribution in [-0.2, 0) is 7.59 Å². The summed E-state index contributed by atoms with van der Waals surface area (Å²) in [5.74, 6) is 0. The van der Waals surface area contributed by atoms with E-state index in [0.717, 1.165) is 0 Å². The van der Waals surface area contributed by atoms with Crippen LogP contribution >= 0.6 is 81.2 Å². The standard InChI is InChI=1S/C6HCl7N2/c7-4-14-2(5(8,9)10)1-3(15-4)6(11,12)13/h1H. The first-order valence-electron chi connectivity index (χ1n) is 3.29. The largest absolute Gasteiger partial charge is 0.232 e. The summed E-state index contributed by atoms with van der Waals surface area (Å²) in [6.45, 7) is 0. The lowest BCUT2D eigenvalue weighted by molar-refractivity contribution is 0.967. The van der Waals surface area contributed by atoms with Crippen LogP contribution in [0.5, 0.6) is 0 Å². The quantitative estimate of drug-likeness (QED) is 0.497. The second-order valence-corrected chi connectivity index (χ2v) is 7.30. The van der Waals surface area contributed by atoms with Gasteiger partial charge >= 0.3 is 0 Å². The van der Waals surface area contributed by atoms with E-state index in [4.69, 9.17) is 81.2 Å². The van der Waals surface area contributed by atoms with Crippen LogP contribution in [0.15, 0.2) is 6.07 Å². The Bertz CT molecular complexity index is 334. The van der Waals surface area contributed by atoms with Crippen LogP contribution in [-0.4, -0.2) is 9.97 Å². The number of hydrogen-bond donors (Lipinski definition) is 0. The summed E-state index contributed by atoms with van der Waals surface area (Å²) in [6, 6.07) is 1.26. The third-order valence-corrected chi connectivity index (χ3v) is 2.61. The summed E-state index contributed by atoms with van der Waals surface area (Å²) in [5, 5.41) is -0.167. The second kappa shape index (κ2) is 4.77. The fourth-order valence-electron chi connectivity index (χ4n) is 0.708. The van der Waals surface area contributed by atoms with Crippen molar-refractivity contribution in [2.24, 2.45) is 0 Å². The molecule has 0 unspecified atom stereocenters. The monoisotopic (exact) mass is 346 g/mol. The highest BCUT2D eigenvalue weighted by atomic mass is 35.6. The molecule has 0 saturated heterocycles. The first kappa shape index (κ1) is 14.2. The van der Waals surface area contributed by atoms with Crippen LogP contribution in [0.3, 0.4) is 0 Å². The molecule has 0 aliphatic heterocycles. The lowest BCUT2D eigenvalue weighted by Crippen LogP contribution is -2.11. The number of nitrogens with zero attached hydrogens (tertiary/aromatic N) is 2. The van der Waals surface area contributed by atoms with Gasteiger partial charge in [-0.3, -0.25) is 0 Å². The molecular weight excluding hydrogens is 348 g/mol. The molecule has 0 aromatic carbocycles. The molecule has 0 atom stereocenters. The van der Waals surface area contributed by atoms with Crippen LogP contribution in [0, 0.1) is 0 Å². The lowest BCUT2D eigenvalue weighted by atomic mass is 10.3. The molecule has 0 aliphatic rings. The van der Waals surface area contributed by atoms with E-state index in [9.17, 15) is 0 Å². The van der Waals surface area contributed by atoms with Gasteiger partial charge in [0.25, 0.3) is 0 Å². The first-order chi connectivity index (χ1) is 6.60. The maximum atomic E-state index is 5.61. The van der Waals surface area contributed by atoms with E-state index >= 15 is 0 Å². The zero-order valence-corrected chi connectivity index (χ0v) is 11.9. The van der Waals surface area contributed by atoms with Gasteiger partial charge in [-0.15, -0.1) is 0 Å². The molecule has 84 valence electrons. The molecule has 0 fully saturated rings. The average Bonchev–Trinajstić information content (AvgIpc) is 1.99. The predicted molar refractivity (Wildman–Crippen MR) is 65.5 cm³/mol.